The molecule has 0 bridgehead atoms. The van der Waals surface area contributed by atoms with Crippen molar-refractivity contribution in [3.8, 4) is 0 Å². The smallest absolute Gasteiger partial charge is 0.270 e. The zero-order chi connectivity index (χ0) is 15.7. The molecular weight excluding hydrogens is 284 g/mol. The van der Waals surface area contributed by atoms with Gasteiger partial charge in [-0.15, -0.1) is 11.3 Å². The normalized spacial score (nSPS) is 12.6. The number of carbonyl (C=O) groups is 1. The lowest BCUT2D eigenvalue weighted by atomic mass is 10.1. The van der Waals surface area contributed by atoms with Gasteiger partial charge >= 0.3 is 0 Å². The fourth-order valence-electron chi connectivity index (χ4n) is 2.18. The molecule has 0 saturated heterocycles. The minimum absolute atomic E-state index is 0.0788. The summed E-state index contributed by atoms with van der Waals surface area (Å²) in [4.78, 5) is 18.8. The van der Waals surface area contributed by atoms with E-state index in [1.165, 1.54) is 11.3 Å². The second-order valence-corrected chi connectivity index (χ2v) is 6.15. The van der Waals surface area contributed by atoms with E-state index in [4.69, 9.17) is 5.73 Å². The van der Waals surface area contributed by atoms with Gasteiger partial charge in [-0.2, -0.15) is 0 Å². The third-order valence-corrected chi connectivity index (χ3v) is 4.43. The van der Waals surface area contributed by atoms with Gasteiger partial charge < -0.3 is 16.0 Å². The third kappa shape index (κ3) is 6.54. The predicted octanol–water partition coefficient (Wildman–Crippen LogP) is 1.88. The molecule has 0 aliphatic heterocycles. The minimum Gasteiger partial charge on any atom is -0.348 e. The first-order valence-corrected chi connectivity index (χ1v) is 8.66. The van der Waals surface area contributed by atoms with E-state index in [2.05, 4.69) is 29.0 Å². The summed E-state index contributed by atoms with van der Waals surface area (Å²) in [5.41, 5.74) is 6.00. The molecule has 3 N–H and O–H groups in total. The van der Waals surface area contributed by atoms with Crippen LogP contribution in [-0.2, 0) is 6.42 Å². The molecule has 0 aliphatic rings. The fourth-order valence-corrected chi connectivity index (χ4v) is 2.98. The van der Waals surface area contributed by atoms with Crippen molar-refractivity contribution in [3.63, 3.8) is 0 Å². The Hall–Kier alpha value is -0.980. The first kappa shape index (κ1) is 18.1. The van der Waals surface area contributed by atoms with E-state index in [9.17, 15) is 4.79 Å². The molecule has 1 amide bonds. The van der Waals surface area contributed by atoms with Gasteiger partial charge in [0.2, 0.25) is 0 Å². The van der Waals surface area contributed by atoms with Crippen LogP contribution in [0.1, 0.15) is 49.1 Å². The molecule has 0 aliphatic carbocycles. The Morgan fingerprint density at radius 2 is 2.19 bits per heavy atom. The van der Waals surface area contributed by atoms with Crippen LogP contribution in [0.4, 0.5) is 0 Å². The van der Waals surface area contributed by atoms with E-state index >= 15 is 0 Å². The highest BCUT2D eigenvalue weighted by molar-refractivity contribution is 7.09. The first-order chi connectivity index (χ1) is 10.1. The number of amides is 1. The minimum atomic E-state index is -0.0788. The molecule has 21 heavy (non-hydrogen) atoms. The van der Waals surface area contributed by atoms with Crippen LogP contribution in [0.5, 0.6) is 0 Å². The van der Waals surface area contributed by atoms with Gasteiger partial charge in [0.05, 0.1) is 5.01 Å². The molecule has 1 unspecified atom stereocenters. The maximum atomic E-state index is 12.1. The number of hydrogen-bond acceptors (Lipinski definition) is 5. The predicted molar refractivity (Wildman–Crippen MR) is 88.8 cm³/mol. The average Bonchev–Trinajstić information content (AvgIpc) is 2.93. The Labute approximate surface area is 131 Å². The van der Waals surface area contributed by atoms with E-state index in [1.54, 1.807) is 0 Å². The second kappa shape index (κ2) is 9.87. The van der Waals surface area contributed by atoms with E-state index in [0.29, 0.717) is 12.2 Å². The Bertz CT molecular complexity index is 418. The van der Waals surface area contributed by atoms with Gasteiger partial charge in [-0.25, -0.2) is 4.98 Å². The number of hydrogen-bond donors (Lipinski definition) is 2. The Kier molecular flexibility index (Phi) is 8.49. The molecule has 1 aromatic heterocycles. The number of nitrogens with one attached hydrogen (secondary N) is 1. The summed E-state index contributed by atoms with van der Waals surface area (Å²) in [6.07, 6.45) is 2.82. The molecule has 1 aromatic rings. The van der Waals surface area contributed by atoms with E-state index in [-0.39, 0.29) is 11.9 Å². The van der Waals surface area contributed by atoms with Crippen LogP contribution in [0.3, 0.4) is 0 Å². The van der Waals surface area contributed by atoms with Crippen LogP contribution >= 0.6 is 11.3 Å². The number of aromatic nitrogens is 1. The molecule has 0 aromatic carbocycles. The molecule has 1 atom stereocenters. The second-order valence-electron chi connectivity index (χ2n) is 5.21. The average molecular weight is 312 g/mol. The number of carbonyl (C=O) groups excluding carboxylic acids is 1. The molecule has 0 spiro atoms. The molecule has 1 rings (SSSR count). The van der Waals surface area contributed by atoms with Crippen LogP contribution in [0.25, 0.3) is 0 Å². The van der Waals surface area contributed by atoms with Gasteiger partial charge in [-0.3, -0.25) is 4.79 Å². The van der Waals surface area contributed by atoms with Gasteiger partial charge in [-0.1, -0.05) is 13.8 Å². The highest BCUT2D eigenvalue weighted by Gasteiger charge is 2.13. The number of nitrogens with two attached hydrogens (primary N) is 1. The molecule has 5 nitrogen and oxygen atoms in total. The summed E-state index contributed by atoms with van der Waals surface area (Å²) in [6, 6.07) is 0.174. The molecule has 0 radical (unpaired) electrons. The quantitative estimate of drug-likeness (QED) is 0.692. The number of thiazole rings is 1. The Balaban J connectivity index is 2.32. The van der Waals surface area contributed by atoms with Crippen molar-refractivity contribution in [2.24, 2.45) is 5.73 Å². The fraction of sp³-hybridized carbons (Fsp3) is 0.733. The zero-order valence-corrected chi connectivity index (χ0v) is 14.2. The molecule has 1 heterocycles. The van der Waals surface area contributed by atoms with Crippen LogP contribution < -0.4 is 11.1 Å². The topological polar surface area (TPSA) is 71.2 Å². The van der Waals surface area contributed by atoms with Gasteiger partial charge in [0.25, 0.3) is 5.91 Å². The first-order valence-electron chi connectivity index (χ1n) is 7.78. The van der Waals surface area contributed by atoms with Gasteiger partial charge in [0.15, 0.2) is 0 Å². The van der Waals surface area contributed by atoms with E-state index < -0.39 is 0 Å². The van der Waals surface area contributed by atoms with Gasteiger partial charge in [0.1, 0.15) is 5.69 Å². The summed E-state index contributed by atoms with van der Waals surface area (Å²) < 4.78 is 0. The molecule has 6 heteroatoms. The molecule has 0 saturated carbocycles. The number of nitrogens with zero attached hydrogens (tertiary/aromatic N) is 2. The Morgan fingerprint density at radius 3 is 2.81 bits per heavy atom. The van der Waals surface area contributed by atoms with Crippen molar-refractivity contribution in [1.82, 2.24) is 15.2 Å². The highest BCUT2D eigenvalue weighted by atomic mass is 32.1. The van der Waals surface area contributed by atoms with E-state index in [1.807, 2.05) is 12.3 Å². The molecular formula is C15H28N4OS. The zero-order valence-electron chi connectivity index (χ0n) is 13.4. The van der Waals surface area contributed by atoms with Crippen molar-refractivity contribution in [3.05, 3.63) is 16.1 Å². The maximum Gasteiger partial charge on any atom is 0.270 e. The van der Waals surface area contributed by atoms with Gasteiger partial charge in [0, 0.05) is 17.8 Å². The van der Waals surface area contributed by atoms with Crippen molar-refractivity contribution in [2.75, 3.05) is 26.2 Å². The lowest BCUT2D eigenvalue weighted by Crippen LogP contribution is -2.33. The van der Waals surface area contributed by atoms with Crippen LogP contribution in [0, 0.1) is 0 Å². The standard InChI is InChI=1S/C15H28N4OS/c1-4-19(5-2)10-6-7-12(3)17-15(20)13-11-21-14(18-13)8-9-16/h11-12H,4-10,16H2,1-3H3,(H,17,20). The maximum absolute atomic E-state index is 12.1. The highest BCUT2D eigenvalue weighted by Crippen LogP contribution is 2.10. The molecule has 120 valence electrons. The summed E-state index contributed by atoms with van der Waals surface area (Å²) in [5, 5.41) is 5.75. The summed E-state index contributed by atoms with van der Waals surface area (Å²) >= 11 is 1.50. The monoisotopic (exact) mass is 312 g/mol. The molecule has 0 fully saturated rings. The summed E-state index contributed by atoms with van der Waals surface area (Å²) in [5.74, 6) is -0.0788. The van der Waals surface area contributed by atoms with Gasteiger partial charge in [-0.05, 0) is 45.9 Å². The van der Waals surface area contributed by atoms with Crippen LogP contribution in [0.2, 0.25) is 0 Å². The van der Waals surface area contributed by atoms with Crippen molar-refractivity contribution < 1.29 is 4.79 Å². The number of rotatable bonds is 10. The van der Waals surface area contributed by atoms with Crippen LogP contribution in [0.15, 0.2) is 5.38 Å². The Morgan fingerprint density at radius 1 is 1.48 bits per heavy atom. The lowest BCUT2D eigenvalue weighted by molar-refractivity contribution is 0.0932. The third-order valence-electron chi connectivity index (χ3n) is 3.53. The summed E-state index contributed by atoms with van der Waals surface area (Å²) in [7, 11) is 0. The van der Waals surface area contributed by atoms with Crippen LogP contribution in [-0.4, -0.2) is 48.0 Å². The van der Waals surface area contributed by atoms with Crippen molar-refractivity contribution in [2.45, 2.75) is 46.1 Å². The largest absolute Gasteiger partial charge is 0.348 e. The van der Waals surface area contributed by atoms with Crippen molar-refractivity contribution >= 4 is 17.2 Å². The van der Waals surface area contributed by atoms with E-state index in [0.717, 1.165) is 43.9 Å². The summed E-state index contributed by atoms with van der Waals surface area (Å²) in [6.45, 7) is 10.2. The lowest BCUT2D eigenvalue weighted by Gasteiger charge is -2.19. The SMILES string of the molecule is CCN(CC)CCCC(C)NC(=O)c1csc(CCN)n1. The van der Waals surface area contributed by atoms with Crippen molar-refractivity contribution in [1.29, 1.82) is 0 Å².